The SMILES string of the molecule is O=C(COC(=O)COc1ccc(OCc2ccccc2)cc1)Nc1ccc2c(c1)OCCCO2. The first-order valence-electron chi connectivity index (χ1n) is 10.9. The molecule has 1 amide bonds. The summed E-state index contributed by atoms with van der Waals surface area (Å²) in [6.45, 7) is 0.848. The second-order valence-electron chi connectivity index (χ2n) is 7.46. The van der Waals surface area contributed by atoms with Gasteiger partial charge in [-0.3, -0.25) is 4.79 Å². The van der Waals surface area contributed by atoms with Gasteiger partial charge in [-0.2, -0.15) is 0 Å². The van der Waals surface area contributed by atoms with E-state index < -0.39 is 18.5 Å². The fourth-order valence-electron chi connectivity index (χ4n) is 3.14. The minimum atomic E-state index is -0.654. The molecule has 0 fully saturated rings. The van der Waals surface area contributed by atoms with Crippen LogP contribution in [0.1, 0.15) is 12.0 Å². The van der Waals surface area contributed by atoms with Gasteiger partial charge in [0.05, 0.1) is 13.2 Å². The molecule has 3 aromatic carbocycles. The first kappa shape index (κ1) is 23.0. The van der Waals surface area contributed by atoms with E-state index in [1.54, 1.807) is 42.5 Å². The summed E-state index contributed by atoms with van der Waals surface area (Å²) in [6, 6.07) is 21.9. The molecular weight excluding hydrogens is 438 g/mol. The van der Waals surface area contributed by atoms with E-state index in [-0.39, 0.29) is 6.61 Å². The van der Waals surface area contributed by atoms with Crippen LogP contribution in [0, 0.1) is 0 Å². The van der Waals surface area contributed by atoms with Crippen LogP contribution in [0.15, 0.2) is 72.8 Å². The molecule has 0 aliphatic carbocycles. The zero-order valence-electron chi connectivity index (χ0n) is 18.5. The summed E-state index contributed by atoms with van der Waals surface area (Å²) in [5.41, 5.74) is 1.59. The fourth-order valence-corrected chi connectivity index (χ4v) is 3.14. The number of hydrogen-bond donors (Lipinski definition) is 1. The molecule has 0 spiro atoms. The van der Waals surface area contributed by atoms with Gasteiger partial charge in [0.2, 0.25) is 0 Å². The number of anilines is 1. The van der Waals surface area contributed by atoms with Crippen molar-refractivity contribution >= 4 is 17.6 Å². The maximum atomic E-state index is 12.1. The Morgan fingerprint density at radius 2 is 1.50 bits per heavy atom. The molecule has 34 heavy (non-hydrogen) atoms. The fraction of sp³-hybridized carbons (Fsp3) is 0.231. The van der Waals surface area contributed by atoms with Crippen LogP contribution in [0.25, 0.3) is 0 Å². The largest absolute Gasteiger partial charge is 0.490 e. The third-order valence-electron chi connectivity index (χ3n) is 4.82. The Labute approximate surface area is 197 Å². The highest BCUT2D eigenvalue weighted by Gasteiger charge is 2.13. The van der Waals surface area contributed by atoms with Crippen LogP contribution >= 0.6 is 0 Å². The van der Waals surface area contributed by atoms with E-state index in [1.807, 2.05) is 30.3 Å². The lowest BCUT2D eigenvalue weighted by Gasteiger charge is -2.11. The van der Waals surface area contributed by atoms with E-state index in [0.717, 1.165) is 12.0 Å². The third-order valence-corrected chi connectivity index (χ3v) is 4.82. The van der Waals surface area contributed by atoms with Crippen LogP contribution in [-0.2, 0) is 20.9 Å². The number of esters is 1. The molecule has 0 unspecified atom stereocenters. The van der Waals surface area contributed by atoms with Crippen molar-refractivity contribution in [1.29, 1.82) is 0 Å². The predicted molar refractivity (Wildman–Crippen MR) is 124 cm³/mol. The van der Waals surface area contributed by atoms with Crippen LogP contribution in [0.5, 0.6) is 23.0 Å². The molecule has 0 bridgehead atoms. The zero-order chi connectivity index (χ0) is 23.6. The predicted octanol–water partition coefficient (Wildman–Crippen LogP) is 3.99. The molecular formula is C26H25NO7. The number of hydrogen-bond acceptors (Lipinski definition) is 7. The molecule has 1 aliphatic rings. The van der Waals surface area contributed by atoms with Crippen molar-refractivity contribution in [2.24, 2.45) is 0 Å². The Morgan fingerprint density at radius 3 is 2.26 bits per heavy atom. The average molecular weight is 463 g/mol. The van der Waals surface area contributed by atoms with Gasteiger partial charge in [-0.25, -0.2) is 4.79 Å². The highest BCUT2D eigenvalue weighted by atomic mass is 16.6. The van der Waals surface area contributed by atoms with Gasteiger partial charge in [0.15, 0.2) is 24.7 Å². The molecule has 176 valence electrons. The monoisotopic (exact) mass is 463 g/mol. The zero-order valence-corrected chi connectivity index (χ0v) is 18.5. The lowest BCUT2D eigenvalue weighted by Crippen LogP contribution is -2.23. The minimum Gasteiger partial charge on any atom is -0.490 e. The molecule has 0 saturated heterocycles. The van der Waals surface area contributed by atoms with Crippen molar-refractivity contribution in [2.75, 3.05) is 31.7 Å². The van der Waals surface area contributed by atoms with Crippen molar-refractivity contribution < 1.29 is 33.3 Å². The summed E-state index contributed by atoms with van der Waals surface area (Å²) >= 11 is 0. The number of ether oxygens (including phenoxy) is 5. The van der Waals surface area contributed by atoms with E-state index in [1.165, 1.54) is 0 Å². The van der Waals surface area contributed by atoms with Gasteiger partial charge in [0.25, 0.3) is 5.91 Å². The van der Waals surface area contributed by atoms with Crippen LogP contribution in [0.3, 0.4) is 0 Å². The van der Waals surface area contributed by atoms with Crippen molar-refractivity contribution in [1.82, 2.24) is 0 Å². The molecule has 0 aromatic heterocycles. The highest BCUT2D eigenvalue weighted by Crippen LogP contribution is 2.32. The topological polar surface area (TPSA) is 92.3 Å². The number of carbonyl (C=O) groups excluding carboxylic acids is 2. The third kappa shape index (κ3) is 6.90. The van der Waals surface area contributed by atoms with Crippen molar-refractivity contribution in [3.05, 3.63) is 78.4 Å². The van der Waals surface area contributed by atoms with E-state index >= 15 is 0 Å². The Morgan fingerprint density at radius 1 is 0.794 bits per heavy atom. The summed E-state index contributed by atoms with van der Waals surface area (Å²) in [4.78, 5) is 24.1. The van der Waals surface area contributed by atoms with E-state index in [0.29, 0.717) is 48.5 Å². The van der Waals surface area contributed by atoms with Gasteiger partial charge in [-0.05, 0) is 42.0 Å². The Hall–Kier alpha value is -4.20. The van der Waals surface area contributed by atoms with Gasteiger partial charge in [0, 0.05) is 18.2 Å². The van der Waals surface area contributed by atoms with Gasteiger partial charge in [-0.1, -0.05) is 30.3 Å². The first-order valence-corrected chi connectivity index (χ1v) is 10.9. The first-order chi connectivity index (χ1) is 16.7. The average Bonchev–Trinajstić information content (AvgIpc) is 3.11. The second kappa shape index (κ2) is 11.6. The Balaban J connectivity index is 1.16. The summed E-state index contributed by atoms with van der Waals surface area (Å²) in [6.07, 6.45) is 0.792. The van der Waals surface area contributed by atoms with Crippen LogP contribution < -0.4 is 24.3 Å². The molecule has 8 heteroatoms. The van der Waals surface area contributed by atoms with E-state index in [9.17, 15) is 9.59 Å². The Bertz CT molecular complexity index is 1100. The van der Waals surface area contributed by atoms with Crippen LogP contribution in [0.4, 0.5) is 5.69 Å². The standard InChI is InChI=1S/C26H25NO7/c28-25(27-20-7-12-23-24(15-20)31-14-4-13-30-23)17-34-26(29)18-33-22-10-8-21(9-11-22)32-16-19-5-2-1-3-6-19/h1-3,5-12,15H,4,13-14,16-18H2,(H,27,28). The van der Waals surface area contributed by atoms with Crippen LogP contribution in [-0.4, -0.2) is 38.3 Å². The maximum Gasteiger partial charge on any atom is 0.344 e. The van der Waals surface area contributed by atoms with Crippen molar-refractivity contribution in [3.8, 4) is 23.0 Å². The number of amides is 1. The van der Waals surface area contributed by atoms with Crippen molar-refractivity contribution in [2.45, 2.75) is 13.0 Å². The lowest BCUT2D eigenvalue weighted by atomic mass is 10.2. The molecule has 8 nitrogen and oxygen atoms in total. The number of rotatable bonds is 9. The second-order valence-corrected chi connectivity index (χ2v) is 7.46. The molecule has 1 N–H and O–H groups in total. The number of fused-ring (bicyclic) bond motifs is 1. The quantitative estimate of drug-likeness (QED) is 0.480. The van der Waals surface area contributed by atoms with E-state index in [4.69, 9.17) is 23.7 Å². The summed E-state index contributed by atoms with van der Waals surface area (Å²) in [7, 11) is 0. The summed E-state index contributed by atoms with van der Waals surface area (Å²) in [5, 5.41) is 2.67. The van der Waals surface area contributed by atoms with Crippen LogP contribution in [0.2, 0.25) is 0 Å². The Kier molecular flexibility index (Phi) is 7.84. The highest BCUT2D eigenvalue weighted by molar-refractivity contribution is 5.93. The molecule has 0 atom stereocenters. The molecule has 1 heterocycles. The minimum absolute atomic E-state index is 0.318. The number of carbonyl (C=O) groups is 2. The summed E-state index contributed by atoms with van der Waals surface area (Å²) in [5.74, 6) is 1.25. The van der Waals surface area contributed by atoms with Gasteiger partial charge in [-0.15, -0.1) is 0 Å². The van der Waals surface area contributed by atoms with Gasteiger partial charge < -0.3 is 29.0 Å². The molecule has 0 saturated carbocycles. The number of nitrogens with one attached hydrogen (secondary N) is 1. The maximum absolute atomic E-state index is 12.1. The summed E-state index contributed by atoms with van der Waals surface area (Å²) < 4.78 is 27.3. The molecule has 4 rings (SSSR count). The number of benzene rings is 3. The van der Waals surface area contributed by atoms with Gasteiger partial charge >= 0.3 is 5.97 Å². The molecule has 1 aliphatic heterocycles. The van der Waals surface area contributed by atoms with E-state index in [2.05, 4.69) is 5.32 Å². The molecule has 3 aromatic rings. The lowest BCUT2D eigenvalue weighted by molar-refractivity contribution is -0.149. The van der Waals surface area contributed by atoms with Crippen molar-refractivity contribution in [3.63, 3.8) is 0 Å². The normalized spacial score (nSPS) is 12.2. The van der Waals surface area contributed by atoms with Gasteiger partial charge in [0.1, 0.15) is 18.1 Å². The molecule has 0 radical (unpaired) electrons. The smallest absolute Gasteiger partial charge is 0.344 e.